The number of carbonyl (C=O) groups excluding carboxylic acids is 1. The van der Waals surface area contributed by atoms with Gasteiger partial charge < -0.3 is 15.8 Å². The molecule has 0 atom stereocenters. The summed E-state index contributed by atoms with van der Waals surface area (Å²) in [4.78, 5) is 19.2. The molecular formula is C26H31F3N4O2. The molecule has 1 aromatic carbocycles. The van der Waals surface area contributed by atoms with Crippen LogP contribution in [-0.4, -0.2) is 28.5 Å². The van der Waals surface area contributed by atoms with E-state index in [0.29, 0.717) is 24.2 Å². The normalized spacial score (nSPS) is 24.4. The first-order chi connectivity index (χ1) is 16.6. The highest BCUT2D eigenvalue weighted by Gasteiger charge is 2.51. The summed E-state index contributed by atoms with van der Waals surface area (Å²) in [5, 5.41) is 12.1. The largest absolute Gasteiger partial charge is 0.417 e. The lowest BCUT2D eigenvalue weighted by atomic mass is 9.52. The van der Waals surface area contributed by atoms with Crippen LogP contribution in [0.15, 0.2) is 47.8 Å². The Balaban J connectivity index is 1.54. The minimum absolute atomic E-state index is 0.0166. The van der Waals surface area contributed by atoms with E-state index >= 15 is 0 Å². The van der Waals surface area contributed by atoms with Gasteiger partial charge in [0, 0.05) is 41.5 Å². The summed E-state index contributed by atoms with van der Waals surface area (Å²) >= 11 is 0. The standard InChI is InChI=1S/C26H31F3N4O2/c1-2-4-22(34)33(20-6-3-5-18(15-20)23(30)32-35)17-24-9-12-25(13-10-24,14-11-24)21-8-7-19(16-31-21)26(27,28)29/h3,5-8,15-16,35H,2,4,9-14,17H2,1H3,(H2,30,32). The zero-order valence-electron chi connectivity index (χ0n) is 19.8. The summed E-state index contributed by atoms with van der Waals surface area (Å²) in [5.41, 5.74) is 6.79. The molecule has 0 spiro atoms. The number of amides is 1. The summed E-state index contributed by atoms with van der Waals surface area (Å²) in [6, 6.07) is 9.81. The molecule has 3 aliphatic carbocycles. The van der Waals surface area contributed by atoms with Crippen LogP contribution in [-0.2, 0) is 16.4 Å². The number of hydrogen-bond donors (Lipinski definition) is 2. The number of rotatable bonds is 7. The molecule has 1 heterocycles. The van der Waals surface area contributed by atoms with Crippen LogP contribution in [0.3, 0.4) is 0 Å². The van der Waals surface area contributed by atoms with Crippen LogP contribution in [0.4, 0.5) is 18.9 Å². The molecule has 3 fully saturated rings. The van der Waals surface area contributed by atoms with Gasteiger partial charge in [-0.05, 0) is 74.6 Å². The Labute approximate surface area is 203 Å². The number of aromatic nitrogens is 1. The third kappa shape index (κ3) is 4.99. The van der Waals surface area contributed by atoms with Crippen molar-refractivity contribution >= 4 is 17.4 Å². The van der Waals surface area contributed by atoms with Crippen LogP contribution < -0.4 is 10.6 Å². The Morgan fingerprint density at radius 1 is 1.14 bits per heavy atom. The monoisotopic (exact) mass is 488 g/mol. The van der Waals surface area contributed by atoms with Crippen molar-refractivity contribution in [1.82, 2.24) is 4.98 Å². The summed E-state index contributed by atoms with van der Waals surface area (Å²) in [6.45, 7) is 2.54. The SMILES string of the molecule is CCCC(=O)N(CC12CCC(c3ccc(C(F)(F)F)cn3)(CC1)CC2)c1cccc(/C(N)=N/O)c1. The van der Waals surface area contributed by atoms with Gasteiger partial charge in [-0.25, -0.2) is 0 Å². The Morgan fingerprint density at radius 2 is 1.83 bits per heavy atom. The first-order valence-electron chi connectivity index (χ1n) is 12.0. The first kappa shape index (κ1) is 25.0. The molecule has 6 nitrogen and oxygen atoms in total. The van der Waals surface area contributed by atoms with E-state index in [1.165, 1.54) is 6.07 Å². The summed E-state index contributed by atoms with van der Waals surface area (Å²) in [5.74, 6) is 0.0161. The first-order valence-corrected chi connectivity index (χ1v) is 12.0. The van der Waals surface area contributed by atoms with Gasteiger partial charge in [0.05, 0.1) is 5.56 Å². The van der Waals surface area contributed by atoms with Crippen molar-refractivity contribution in [2.24, 2.45) is 16.3 Å². The number of fused-ring (bicyclic) bond motifs is 3. The second kappa shape index (κ2) is 9.51. The van der Waals surface area contributed by atoms with Crippen molar-refractivity contribution in [3.63, 3.8) is 0 Å². The average molecular weight is 489 g/mol. The molecule has 5 rings (SSSR count). The Morgan fingerprint density at radius 3 is 2.37 bits per heavy atom. The van der Waals surface area contributed by atoms with Crippen molar-refractivity contribution in [2.75, 3.05) is 11.4 Å². The fourth-order valence-electron chi connectivity index (χ4n) is 5.66. The molecule has 3 aliphatic rings. The number of pyridine rings is 1. The van der Waals surface area contributed by atoms with E-state index in [2.05, 4.69) is 10.1 Å². The van der Waals surface area contributed by atoms with E-state index in [4.69, 9.17) is 10.9 Å². The highest BCUT2D eigenvalue weighted by molar-refractivity contribution is 5.99. The second-order valence-electron chi connectivity index (χ2n) is 9.98. The molecule has 188 valence electrons. The summed E-state index contributed by atoms with van der Waals surface area (Å²) in [7, 11) is 0. The van der Waals surface area contributed by atoms with Gasteiger partial charge in [-0.15, -0.1) is 0 Å². The van der Waals surface area contributed by atoms with E-state index in [0.717, 1.165) is 62.9 Å². The van der Waals surface area contributed by atoms with Gasteiger partial charge in [-0.2, -0.15) is 13.2 Å². The van der Waals surface area contributed by atoms with Gasteiger partial charge >= 0.3 is 6.18 Å². The highest BCUT2D eigenvalue weighted by atomic mass is 19.4. The zero-order valence-corrected chi connectivity index (χ0v) is 19.8. The van der Waals surface area contributed by atoms with Crippen LogP contribution in [0.5, 0.6) is 0 Å². The number of benzene rings is 1. The van der Waals surface area contributed by atoms with E-state index in [1.807, 2.05) is 17.9 Å². The van der Waals surface area contributed by atoms with Crippen molar-refractivity contribution in [3.8, 4) is 0 Å². The maximum absolute atomic E-state index is 13.1. The number of carbonyl (C=O) groups is 1. The number of nitrogens with two attached hydrogens (primary N) is 1. The molecule has 2 aromatic rings. The molecule has 9 heteroatoms. The molecule has 35 heavy (non-hydrogen) atoms. The van der Waals surface area contributed by atoms with Gasteiger partial charge in [0.15, 0.2) is 5.84 Å². The van der Waals surface area contributed by atoms with Crippen molar-refractivity contribution in [1.29, 1.82) is 0 Å². The molecule has 1 aromatic heterocycles. The van der Waals surface area contributed by atoms with Crippen LogP contribution >= 0.6 is 0 Å². The lowest BCUT2D eigenvalue weighted by Crippen LogP contribution is -2.51. The third-order valence-corrected chi connectivity index (χ3v) is 7.86. The average Bonchev–Trinajstić information content (AvgIpc) is 2.87. The van der Waals surface area contributed by atoms with Crippen LogP contribution in [0.25, 0.3) is 0 Å². The zero-order chi connectivity index (χ0) is 25.3. The van der Waals surface area contributed by atoms with E-state index in [9.17, 15) is 18.0 Å². The third-order valence-electron chi connectivity index (χ3n) is 7.86. The topological polar surface area (TPSA) is 91.8 Å². The highest BCUT2D eigenvalue weighted by Crippen LogP contribution is 2.58. The van der Waals surface area contributed by atoms with Crippen molar-refractivity contribution in [2.45, 2.75) is 69.9 Å². The molecule has 0 unspecified atom stereocenters. The molecule has 0 radical (unpaired) electrons. The van der Waals surface area contributed by atoms with E-state index < -0.39 is 11.7 Å². The maximum atomic E-state index is 13.1. The fraction of sp³-hybridized carbons (Fsp3) is 0.500. The molecule has 3 saturated carbocycles. The lowest BCUT2D eigenvalue weighted by molar-refractivity contribution is -0.137. The van der Waals surface area contributed by atoms with Gasteiger partial charge in [0.2, 0.25) is 5.91 Å². The van der Waals surface area contributed by atoms with Gasteiger partial charge in [-0.3, -0.25) is 9.78 Å². The molecular weight excluding hydrogens is 457 g/mol. The smallest absolute Gasteiger partial charge is 0.409 e. The van der Waals surface area contributed by atoms with Crippen LogP contribution in [0.2, 0.25) is 0 Å². The van der Waals surface area contributed by atoms with Gasteiger partial charge in [0.25, 0.3) is 0 Å². The minimum atomic E-state index is -4.39. The molecule has 0 aliphatic heterocycles. The van der Waals surface area contributed by atoms with E-state index in [1.54, 1.807) is 18.2 Å². The second-order valence-corrected chi connectivity index (χ2v) is 9.98. The number of hydrogen-bond acceptors (Lipinski definition) is 4. The molecule has 1 amide bonds. The number of anilines is 1. The molecule has 0 saturated heterocycles. The van der Waals surface area contributed by atoms with Gasteiger partial charge in [-0.1, -0.05) is 24.2 Å². The molecule has 3 N–H and O–H groups in total. The Hall–Kier alpha value is -3.10. The van der Waals surface area contributed by atoms with Crippen LogP contribution in [0.1, 0.15) is 75.1 Å². The lowest BCUT2D eigenvalue weighted by Gasteiger charge is -2.54. The Kier molecular flexibility index (Phi) is 6.79. The summed E-state index contributed by atoms with van der Waals surface area (Å²) in [6.07, 6.45) is 2.86. The van der Waals surface area contributed by atoms with E-state index in [-0.39, 0.29) is 22.6 Å². The number of nitrogens with zero attached hydrogens (tertiary/aromatic N) is 3. The predicted molar refractivity (Wildman–Crippen MR) is 127 cm³/mol. The van der Waals surface area contributed by atoms with Gasteiger partial charge in [0.1, 0.15) is 0 Å². The number of amidine groups is 1. The van der Waals surface area contributed by atoms with Crippen molar-refractivity contribution < 1.29 is 23.2 Å². The van der Waals surface area contributed by atoms with Crippen LogP contribution in [0, 0.1) is 5.41 Å². The molecule has 2 bridgehead atoms. The van der Waals surface area contributed by atoms with Crippen molar-refractivity contribution in [3.05, 3.63) is 59.4 Å². The number of alkyl halides is 3. The Bertz CT molecular complexity index is 1070. The predicted octanol–water partition coefficient (Wildman–Crippen LogP) is 5.62. The maximum Gasteiger partial charge on any atom is 0.417 e. The quantitative estimate of drug-likeness (QED) is 0.229. The number of oxime groups is 1. The minimum Gasteiger partial charge on any atom is -0.409 e. The fourth-order valence-corrected chi connectivity index (χ4v) is 5.66. The number of halogens is 3. The summed E-state index contributed by atoms with van der Waals surface area (Å²) < 4.78 is 38.9.